The van der Waals surface area contributed by atoms with Crippen LogP contribution in [0, 0.1) is 5.82 Å². The molecular weight excluding hydrogens is 373 g/mol. The summed E-state index contributed by atoms with van der Waals surface area (Å²) in [5.41, 5.74) is 2.57. The summed E-state index contributed by atoms with van der Waals surface area (Å²) in [7, 11) is 0. The summed E-state index contributed by atoms with van der Waals surface area (Å²) in [5, 5.41) is 2.60. The van der Waals surface area contributed by atoms with Crippen LogP contribution in [-0.4, -0.2) is 25.1 Å². The number of halogens is 1. The molecule has 0 unspecified atom stereocenters. The second kappa shape index (κ2) is 10.0. The van der Waals surface area contributed by atoms with Crippen molar-refractivity contribution in [3.63, 3.8) is 0 Å². The smallest absolute Gasteiger partial charge is 0.344 e. The Bertz CT molecular complexity index is 958. The minimum Gasteiger partial charge on any atom is -0.481 e. The Morgan fingerprint density at radius 2 is 1.52 bits per heavy atom. The molecule has 5 nitrogen and oxygen atoms in total. The number of carbonyl (C=O) groups is 2. The lowest BCUT2D eigenvalue weighted by Gasteiger charge is -2.11. The van der Waals surface area contributed by atoms with Gasteiger partial charge in [0.2, 0.25) is 0 Å². The monoisotopic (exact) mass is 393 g/mol. The molecule has 6 heteroatoms. The minimum atomic E-state index is -0.648. The van der Waals surface area contributed by atoms with Crippen LogP contribution in [0.1, 0.15) is 5.56 Å². The Kier molecular flexibility index (Phi) is 6.95. The first-order chi connectivity index (χ1) is 14.1. The fourth-order valence-electron chi connectivity index (χ4n) is 2.63. The molecule has 148 valence electrons. The van der Waals surface area contributed by atoms with Crippen LogP contribution in [0.2, 0.25) is 0 Å². The van der Waals surface area contributed by atoms with E-state index in [2.05, 4.69) is 5.32 Å². The normalized spacial score (nSPS) is 10.2. The van der Waals surface area contributed by atoms with Gasteiger partial charge in [0.1, 0.15) is 11.6 Å². The van der Waals surface area contributed by atoms with Crippen molar-refractivity contribution in [1.29, 1.82) is 0 Å². The van der Waals surface area contributed by atoms with Gasteiger partial charge in [-0.15, -0.1) is 0 Å². The van der Waals surface area contributed by atoms with E-state index in [0.717, 1.165) is 16.7 Å². The topological polar surface area (TPSA) is 64.6 Å². The van der Waals surface area contributed by atoms with Crippen molar-refractivity contribution in [2.24, 2.45) is 0 Å². The Morgan fingerprint density at radius 1 is 0.828 bits per heavy atom. The van der Waals surface area contributed by atoms with Crippen LogP contribution >= 0.6 is 0 Å². The van der Waals surface area contributed by atoms with E-state index in [9.17, 15) is 14.0 Å². The van der Waals surface area contributed by atoms with Gasteiger partial charge in [-0.25, -0.2) is 9.18 Å². The number of hydrogen-bond donors (Lipinski definition) is 1. The van der Waals surface area contributed by atoms with Crippen LogP contribution < -0.4 is 10.1 Å². The SMILES string of the molecule is O=C(COC(=O)COc1ccccc1-c1ccccc1)NCc1ccc(F)cc1. The summed E-state index contributed by atoms with van der Waals surface area (Å²) in [6.07, 6.45) is 0. The Hall–Kier alpha value is -3.67. The highest BCUT2D eigenvalue weighted by Crippen LogP contribution is 2.29. The van der Waals surface area contributed by atoms with Crippen LogP contribution in [0.4, 0.5) is 4.39 Å². The maximum Gasteiger partial charge on any atom is 0.344 e. The third-order valence-electron chi connectivity index (χ3n) is 4.08. The van der Waals surface area contributed by atoms with Crippen LogP contribution in [-0.2, 0) is 20.9 Å². The van der Waals surface area contributed by atoms with E-state index in [4.69, 9.17) is 9.47 Å². The molecular formula is C23H20FNO4. The molecule has 29 heavy (non-hydrogen) atoms. The number of para-hydroxylation sites is 1. The molecule has 0 radical (unpaired) electrons. The predicted molar refractivity (Wildman–Crippen MR) is 107 cm³/mol. The number of rotatable bonds is 8. The standard InChI is InChI=1S/C23H20FNO4/c24-19-12-10-17(11-13-19)14-25-22(26)15-29-23(27)16-28-21-9-5-4-8-20(21)18-6-2-1-3-7-18/h1-13H,14-16H2,(H,25,26). The van der Waals surface area contributed by atoms with E-state index in [1.165, 1.54) is 12.1 Å². The Morgan fingerprint density at radius 3 is 2.28 bits per heavy atom. The lowest BCUT2D eigenvalue weighted by atomic mass is 10.1. The molecule has 1 amide bonds. The lowest BCUT2D eigenvalue weighted by molar-refractivity contribution is -0.150. The molecule has 0 fully saturated rings. The highest BCUT2D eigenvalue weighted by Gasteiger charge is 2.11. The molecule has 0 aromatic heterocycles. The quantitative estimate of drug-likeness (QED) is 0.593. The van der Waals surface area contributed by atoms with Gasteiger partial charge < -0.3 is 14.8 Å². The first-order valence-corrected chi connectivity index (χ1v) is 9.06. The third kappa shape index (κ3) is 6.17. The molecule has 0 aliphatic heterocycles. The summed E-state index contributed by atoms with van der Waals surface area (Å²) in [5.74, 6) is -0.892. The highest BCUT2D eigenvalue weighted by atomic mass is 19.1. The zero-order valence-electron chi connectivity index (χ0n) is 15.6. The average molecular weight is 393 g/mol. The van der Waals surface area contributed by atoms with Crippen LogP contribution in [0.15, 0.2) is 78.9 Å². The summed E-state index contributed by atoms with van der Waals surface area (Å²) in [6, 6.07) is 22.8. The summed E-state index contributed by atoms with van der Waals surface area (Å²) in [4.78, 5) is 23.7. The van der Waals surface area contributed by atoms with E-state index in [-0.39, 0.29) is 19.0 Å². The van der Waals surface area contributed by atoms with Gasteiger partial charge in [0.25, 0.3) is 5.91 Å². The average Bonchev–Trinajstić information content (AvgIpc) is 2.76. The lowest BCUT2D eigenvalue weighted by Crippen LogP contribution is -2.29. The van der Waals surface area contributed by atoms with Gasteiger partial charge in [-0.05, 0) is 29.3 Å². The van der Waals surface area contributed by atoms with Gasteiger partial charge in [0.15, 0.2) is 13.2 Å². The molecule has 3 rings (SSSR count). The van der Waals surface area contributed by atoms with Gasteiger partial charge in [-0.3, -0.25) is 4.79 Å². The number of ether oxygens (including phenoxy) is 2. The van der Waals surface area contributed by atoms with Crippen LogP contribution in [0.3, 0.4) is 0 Å². The minimum absolute atomic E-state index is 0.220. The first kappa shape index (κ1) is 20.1. The molecule has 0 spiro atoms. The van der Waals surface area contributed by atoms with Crippen molar-refractivity contribution in [1.82, 2.24) is 5.32 Å². The number of amides is 1. The fourth-order valence-corrected chi connectivity index (χ4v) is 2.63. The summed E-state index contributed by atoms with van der Waals surface area (Å²) >= 11 is 0. The Labute approximate surface area is 168 Å². The molecule has 0 saturated heterocycles. The molecule has 0 aliphatic carbocycles. The van der Waals surface area contributed by atoms with Crippen LogP contribution in [0.25, 0.3) is 11.1 Å². The van der Waals surface area contributed by atoms with Gasteiger partial charge in [0, 0.05) is 12.1 Å². The van der Waals surface area contributed by atoms with Gasteiger partial charge in [0.05, 0.1) is 0 Å². The number of esters is 1. The number of hydrogen-bond acceptors (Lipinski definition) is 4. The second-order valence-corrected chi connectivity index (χ2v) is 6.21. The number of benzene rings is 3. The second-order valence-electron chi connectivity index (χ2n) is 6.21. The van der Waals surface area contributed by atoms with Crippen molar-refractivity contribution in [2.45, 2.75) is 6.54 Å². The van der Waals surface area contributed by atoms with Gasteiger partial charge in [-0.2, -0.15) is 0 Å². The van der Waals surface area contributed by atoms with Crippen LogP contribution in [0.5, 0.6) is 5.75 Å². The van der Waals surface area contributed by atoms with Gasteiger partial charge >= 0.3 is 5.97 Å². The zero-order chi connectivity index (χ0) is 20.5. The molecule has 0 saturated carbocycles. The van der Waals surface area contributed by atoms with E-state index in [0.29, 0.717) is 5.75 Å². The third-order valence-corrected chi connectivity index (χ3v) is 4.08. The fraction of sp³-hybridized carbons (Fsp3) is 0.130. The molecule has 0 bridgehead atoms. The maximum absolute atomic E-state index is 12.9. The number of carbonyl (C=O) groups excluding carboxylic acids is 2. The van der Waals surface area contributed by atoms with Crippen molar-refractivity contribution < 1.29 is 23.5 Å². The highest BCUT2D eigenvalue weighted by molar-refractivity contribution is 5.81. The number of nitrogens with one attached hydrogen (secondary N) is 1. The van der Waals surface area contributed by atoms with E-state index >= 15 is 0 Å². The van der Waals surface area contributed by atoms with E-state index in [1.54, 1.807) is 18.2 Å². The predicted octanol–water partition coefficient (Wildman–Crippen LogP) is 3.73. The molecule has 1 N–H and O–H groups in total. The summed E-state index contributed by atoms with van der Waals surface area (Å²) in [6.45, 7) is -0.504. The maximum atomic E-state index is 12.9. The van der Waals surface area contributed by atoms with Crippen molar-refractivity contribution in [3.05, 3.63) is 90.2 Å². The van der Waals surface area contributed by atoms with Crippen molar-refractivity contribution in [2.75, 3.05) is 13.2 Å². The molecule has 0 aliphatic rings. The van der Waals surface area contributed by atoms with Crippen molar-refractivity contribution in [3.8, 4) is 16.9 Å². The summed E-state index contributed by atoms with van der Waals surface area (Å²) < 4.78 is 23.4. The molecule has 3 aromatic rings. The van der Waals surface area contributed by atoms with Crippen molar-refractivity contribution >= 4 is 11.9 Å². The van der Waals surface area contributed by atoms with Gasteiger partial charge in [-0.1, -0.05) is 60.7 Å². The molecule has 0 atom stereocenters. The first-order valence-electron chi connectivity index (χ1n) is 9.06. The Balaban J connectivity index is 1.44. The van der Waals surface area contributed by atoms with E-state index < -0.39 is 18.5 Å². The molecule has 0 heterocycles. The van der Waals surface area contributed by atoms with E-state index in [1.807, 2.05) is 48.5 Å². The zero-order valence-corrected chi connectivity index (χ0v) is 15.6. The molecule has 3 aromatic carbocycles. The largest absolute Gasteiger partial charge is 0.481 e.